The van der Waals surface area contributed by atoms with Gasteiger partial charge in [-0.15, -0.1) is 0 Å². The molecule has 1 fully saturated rings. The summed E-state index contributed by atoms with van der Waals surface area (Å²) in [5.41, 5.74) is 0.114. The fraction of sp³-hybridized carbons (Fsp3) is 0.500. The van der Waals surface area contributed by atoms with Crippen molar-refractivity contribution in [3.63, 3.8) is 0 Å². The third kappa shape index (κ3) is 1.78. The van der Waals surface area contributed by atoms with Crippen LogP contribution in [0.3, 0.4) is 0 Å². The van der Waals surface area contributed by atoms with E-state index in [0.717, 1.165) is 0 Å². The number of carbonyl (C=O) groups excluding carboxylic acids is 1. The van der Waals surface area contributed by atoms with Crippen molar-refractivity contribution in [1.82, 2.24) is 5.32 Å². The molecule has 1 saturated carbocycles. The number of fused-ring (bicyclic) bond motifs is 4. The largest absolute Gasteiger partial charge is 0.504 e. The highest BCUT2D eigenvalue weighted by molar-refractivity contribution is 6.01. The van der Waals surface area contributed by atoms with Crippen molar-refractivity contribution < 1.29 is 39.8 Å². The van der Waals surface area contributed by atoms with Gasteiger partial charge in [-0.1, -0.05) is 0 Å². The zero-order valence-electron chi connectivity index (χ0n) is 11.7. The molecular formula is C14H15NO8. The second kappa shape index (κ2) is 4.71. The van der Waals surface area contributed by atoms with Gasteiger partial charge in [0.2, 0.25) is 12.5 Å². The van der Waals surface area contributed by atoms with Gasteiger partial charge in [0.1, 0.15) is 18.3 Å². The van der Waals surface area contributed by atoms with E-state index >= 15 is 0 Å². The Morgan fingerprint density at radius 3 is 2.48 bits per heavy atom. The minimum atomic E-state index is -1.60. The fourth-order valence-electron chi connectivity index (χ4n) is 3.58. The van der Waals surface area contributed by atoms with Gasteiger partial charge in [-0.2, -0.15) is 0 Å². The van der Waals surface area contributed by atoms with Crippen LogP contribution >= 0.6 is 0 Å². The van der Waals surface area contributed by atoms with Gasteiger partial charge in [-0.05, 0) is 11.6 Å². The second-order valence-electron chi connectivity index (χ2n) is 5.91. The Balaban J connectivity index is 1.91. The summed E-state index contributed by atoms with van der Waals surface area (Å²) in [7, 11) is 0. The van der Waals surface area contributed by atoms with Gasteiger partial charge < -0.3 is 40.3 Å². The minimum absolute atomic E-state index is 0.0313. The van der Waals surface area contributed by atoms with Crippen molar-refractivity contribution in [2.75, 3.05) is 6.79 Å². The topological polar surface area (TPSA) is 149 Å². The van der Waals surface area contributed by atoms with E-state index in [0.29, 0.717) is 0 Å². The van der Waals surface area contributed by atoms with Crippen molar-refractivity contribution in [3.8, 4) is 17.2 Å². The maximum absolute atomic E-state index is 12.3. The molecule has 0 saturated heterocycles. The first-order valence-corrected chi connectivity index (χ1v) is 7.10. The van der Waals surface area contributed by atoms with Crippen LogP contribution in [0.4, 0.5) is 0 Å². The first-order chi connectivity index (χ1) is 10.9. The standard InChI is InChI=1S/C14H15NO8/c16-8-5-3-1-4-13(23-2-22-4)9(17)6(3)14(21)15-7(5)10(18)12(20)11(8)19/h1,5,7-8,10-12,16-20H,2H2,(H,15,21)/t5-,7+,8+,10-,11+,12-/m1/s1. The SMILES string of the molecule is O=C1N[C@@H]2[C@@H](O)[C@@H](O)[C@@H](O)[C@@H](O)[C@@H]2c2cc3c(c(O)c21)OCO3. The maximum Gasteiger partial charge on any atom is 0.255 e. The molecule has 0 aromatic heterocycles. The summed E-state index contributed by atoms with van der Waals surface area (Å²) in [4.78, 5) is 12.3. The summed E-state index contributed by atoms with van der Waals surface area (Å²) in [5.74, 6) is -1.78. The number of hydrogen-bond acceptors (Lipinski definition) is 8. The molecule has 0 spiro atoms. The summed E-state index contributed by atoms with van der Waals surface area (Å²) >= 11 is 0. The lowest BCUT2D eigenvalue weighted by Gasteiger charge is -2.47. The summed E-state index contributed by atoms with van der Waals surface area (Å²) < 4.78 is 10.3. The van der Waals surface area contributed by atoms with E-state index in [2.05, 4.69) is 5.32 Å². The number of aliphatic hydroxyl groups is 4. The Morgan fingerprint density at radius 1 is 1.04 bits per heavy atom. The Hall–Kier alpha value is -2.07. The molecule has 6 atom stereocenters. The molecule has 23 heavy (non-hydrogen) atoms. The van der Waals surface area contributed by atoms with Crippen LogP contribution in [-0.4, -0.2) is 68.7 Å². The number of nitrogens with one attached hydrogen (secondary N) is 1. The van der Waals surface area contributed by atoms with Gasteiger partial charge in [-0.3, -0.25) is 4.79 Å². The van der Waals surface area contributed by atoms with Crippen LogP contribution in [0.1, 0.15) is 21.8 Å². The number of carbonyl (C=O) groups is 1. The van der Waals surface area contributed by atoms with Crippen molar-refractivity contribution in [1.29, 1.82) is 0 Å². The number of aromatic hydroxyl groups is 1. The molecule has 1 aromatic carbocycles. The van der Waals surface area contributed by atoms with Crippen molar-refractivity contribution in [3.05, 3.63) is 17.2 Å². The molecule has 1 aliphatic carbocycles. The molecule has 9 nitrogen and oxygen atoms in total. The van der Waals surface area contributed by atoms with Crippen LogP contribution in [0, 0.1) is 0 Å². The average molecular weight is 325 g/mol. The number of phenolic OH excluding ortho intramolecular Hbond substituents is 1. The molecule has 2 heterocycles. The first kappa shape index (κ1) is 14.5. The predicted molar refractivity (Wildman–Crippen MR) is 72.3 cm³/mol. The Labute approximate surface area is 129 Å². The van der Waals surface area contributed by atoms with E-state index in [1.165, 1.54) is 6.07 Å². The van der Waals surface area contributed by atoms with E-state index in [-0.39, 0.29) is 29.4 Å². The number of rotatable bonds is 0. The molecule has 1 aromatic rings. The Morgan fingerprint density at radius 2 is 1.74 bits per heavy atom. The van der Waals surface area contributed by atoms with Crippen LogP contribution in [-0.2, 0) is 0 Å². The van der Waals surface area contributed by atoms with Gasteiger partial charge in [-0.25, -0.2) is 0 Å². The van der Waals surface area contributed by atoms with E-state index in [4.69, 9.17) is 9.47 Å². The summed E-state index contributed by atoms with van der Waals surface area (Å²) in [6, 6.07) is 0.428. The molecule has 9 heteroatoms. The van der Waals surface area contributed by atoms with Crippen molar-refractivity contribution >= 4 is 5.91 Å². The molecule has 0 unspecified atom stereocenters. The molecule has 1 amide bonds. The molecule has 6 N–H and O–H groups in total. The molecule has 4 rings (SSSR count). The van der Waals surface area contributed by atoms with Crippen LogP contribution in [0.15, 0.2) is 6.07 Å². The number of phenols is 1. The zero-order valence-corrected chi connectivity index (χ0v) is 11.7. The summed E-state index contributed by atoms with van der Waals surface area (Å²) in [6.07, 6.45) is -6.11. The number of hydrogen-bond donors (Lipinski definition) is 6. The lowest BCUT2D eigenvalue weighted by atomic mass is 9.70. The van der Waals surface area contributed by atoms with Gasteiger partial charge in [0.25, 0.3) is 5.91 Å². The third-order valence-corrected chi connectivity index (χ3v) is 4.73. The number of ether oxygens (including phenoxy) is 2. The van der Waals surface area contributed by atoms with Crippen molar-refractivity contribution in [2.45, 2.75) is 36.4 Å². The van der Waals surface area contributed by atoms with E-state index < -0.39 is 48.0 Å². The normalized spacial score (nSPS) is 37.8. The van der Waals surface area contributed by atoms with Gasteiger partial charge in [0.15, 0.2) is 11.5 Å². The monoisotopic (exact) mass is 325 g/mol. The highest BCUT2D eigenvalue weighted by atomic mass is 16.7. The van der Waals surface area contributed by atoms with E-state index in [9.17, 15) is 30.3 Å². The number of aliphatic hydroxyl groups excluding tert-OH is 4. The molecule has 0 bridgehead atoms. The Bertz CT molecular complexity index is 692. The maximum atomic E-state index is 12.3. The van der Waals surface area contributed by atoms with Crippen LogP contribution < -0.4 is 14.8 Å². The highest BCUT2D eigenvalue weighted by Crippen LogP contribution is 2.49. The smallest absolute Gasteiger partial charge is 0.255 e. The lowest BCUT2D eigenvalue weighted by molar-refractivity contribution is -0.155. The van der Waals surface area contributed by atoms with Crippen LogP contribution in [0.2, 0.25) is 0 Å². The number of benzene rings is 1. The van der Waals surface area contributed by atoms with Gasteiger partial charge in [0, 0.05) is 5.92 Å². The molecular weight excluding hydrogens is 310 g/mol. The van der Waals surface area contributed by atoms with E-state index in [1.807, 2.05) is 0 Å². The summed E-state index contributed by atoms with van der Waals surface area (Å²) in [5, 5.41) is 52.9. The quantitative estimate of drug-likeness (QED) is 0.314. The minimum Gasteiger partial charge on any atom is -0.504 e. The van der Waals surface area contributed by atoms with Crippen molar-refractivity contribution in [2.24, 2.45) is 0 Å². The second-order valence-corrected chi connectivity index (χ2v) is 5.91. The highest BCUT2D eigenvalue weighted by Gasteiger charge is 2.53. The first-order valence-electron chi connectivity index (χ1n) is 7.10. The number of amides is 1. The average Bonchev–Trinajstić information content (AvgIpc) is 2.99. The van der Waals surface area contributed by atoms with Gasteiger partial charge in [0.05, 0.1) is 17.7 Å². The van der Waals surface area contributed by atoms with Gasteiger partial charge >= 0.3 is 0 Å². The fourth-order valence-corrected chi connectivity index (χ4v) is 3.58. The predicted octanol–water partition coefficient (Wildman–Crippen LogP) is -2.23. The summed E-state index contributed by atoms with van der Waals surface area (Å²) in [6.45, 7) is -0.117. The molecule has 0 radical (unpaired) electrons. The molecule has 2 aliphatic heterocycles. The molecule has 124 valence electrons. The van der Waals surface area contributed by atoms with Crippen LogP contribution in [0.5, 0.6) is 17.2 Å². The van der Waals surface area contributed by atoms with E-state index in [1.54, 1.807) is 0 Å². The Kier molecular flexibility index (Phi) is 2.97. The third-order valence-electron chi connectivity index (χ3n) is 4.73. The lowest BCUT2D eigenvalue weighted by Crippen LogP contribution is -2.66. The van der Waals surface area contributed by atoms with Crippen LogP contribution in [0.25, 0.3) is 0 Å². The zero-order chi connectivity index (χ0) is 16.5. The molecule has 3 aliphatic rings.